The minimum atomic E-state index is -1.34. The molecule has 0 amide bonds. The van der Waals surface area contributed by atoms with Gasteiger partial charge in [0.25, 0.3) is 0 Å². The van der Waals surface area contributed by atoms with Crippen LogP contribution in [0.5, 0.6) is 0 Å². The quantitative estimate of drug-likeness (QED) is 0.214. The van der Waals surface area contributed by atoms with Gasteiger partial charge in [-0.25, -0.2) is 0 Å². The summed E-state index contributed by atoms with van der Waals surface area (Å²) in [5, 5.41) is 0. The molecule has 0 aromatic heterocycles. The standard InChI is InChI=1S/C19H42OSi/c1-5-9-10-11-12-13-14-15-16-17-18-19-21(7-3,8-4)20-6-2/h5-19H2,1-4H3. The van der Waals surface area contributed by atoms with Crippen LogP contribution in [0.3, 0.4) is 0 Å². The first kappa shape index (κ1) is 21.2. The highest BCUT2D eigenvalue weighted by Gasteiger charge is 2.29. The lowest BCUT2D eigenvalue weighted by molar-refractivity contribution is 0.318. The van der Waals surface area contributed by atoms with E-state index in [-0.39, 0.29) is 0 Å². The lowest BCUT2D eigenvalue weighted by Gasteiger charge is -2.28. The third-order valence-corrected chi connectivity index (χ3v) is 9.72. The van der Waals surface area contributed by atoms with E-state index in [0.29, 0.717) is 0 Å². The molecule has 0 N–H and O–H groups in total. The van der Waals surface area contributed by atoms with Gasteiger partial charge < -0.3 is 4.43 Å². The molecule has 0 radical (unpaired) electrons. The van der Waals surface area contributed by atoms with Gasteiger partial charge in [-0.15, -0.1) is 0 Å². The molecule has 0 saturated heterocycles. The summed E-state index contributed by atoms with van der Waals surface area (Å²) in [5.41, 5.74) is 0. The van der Waals surface area contributed by atoms with Crippen molar-refractivity contribution in [2.75, 3.05) is 6.61 Å². The monoisotopic (exact) mass is 314 g/mol. The van der Waals surface area contributed by atoms with Crippen molar-refractivity contribution in [2.24, 2.45) is 0 Å². The van der Waals surface area contributed by atoms with E-state index in [1.165, 1.54) is 88.8 Å². The van der Waals surface area contributed by atoms with Gasteiger partial charge in [0.2, 0.25) is 0 Å². The summed E-state index contributed by atoms with van der Waals surface area (Å²) in [4.78, 5) is 0. The van der Waals surface area contributed by atoms with Crippen LogP contribution in [0.15, 0.2) is 0 Å². The van der Waals surface area contributed by atoms with Crippen molar-refractivity contribution in [1.82, 2.24) is 0 Å². The summed E-state index contributed by atoms with van der Waals surface area (Å²) in [7, 11) is -1.34. The minimum Gasteiger partial charge on any atom is -0.417 e. The van der Waals surface area contributed by atoms with Gasteiger partial charge in [0.05, 0.1) is 0 Å². The summed E-state index contributed by atoms with van der Waals surface area (Å²) in [6.45, 7) is 10.0. The molecule has 0 bridgehead atoms. The Labute approximate surface area is 136 Å². The van der Waals surface area contributed by atoms with E-state index >= 15 is 0 Å². The zero-order valence-electron chi connectivity index (χ0n) is 15.5. The van der Waals surface area contributed by atoms with Crippen LogP contribution in [0.2, 0.25) is 18.1 Å². The predicted octanol–water partition coefficient (Wildman–Crippen LogP) is 7.32. The zero-order valence-corrected chi connectivity index (χ0v) is 16.5. The molecule has 0 aliphatic rings. The second-order valence-electron chi connectivity index (χ2n) is 6.61. The largest absolute Gasteiger partial charge is 0.417 e. The molecular formula is C19H42OSi. The molecule has 1 nitrogen and oxygen atoms in total. The van der Waals surface area contributed by atoms with Crippen molar-refractivity contribution in [3.05, 3.63) is 0 Å². The predicted molar refractivity (Wildman–Crippen MR) is 99.6 cm³/mol. The molecule has 128 valence electrons. The lowest BCUT2D eigenvalue weighted by Crippen LogP contribution is -2.36. The Morgan fingerprint density at radius 1 is 0.571 bits per heavy atom. The molecule has 0 aromatic rings. The number of rotatable bonds is 16. The van der Waals surface area contributed by atoms with Crippen LogP contribution in [0.4, 0.5) is 0 Å². The van der Waals surface area contributed by atoms with E-state index in [2.05, 4.69) is 27.7 Å². The van der Waals surface area contributed by atoms with E-state index in [1.54, 1.807) is 0 Å². The molecule has 0 aliphatic heterocycles. The molecule has 0 heterocycles. The van der Waals surface area contributed by atoms with Crippen LogP contribution < -0.4 is 0 Å². The van der Waals surface area contributed by atoms with Crippen molar-refractivity contribution < 1.29 is 4.43 Å². The molecule has 0 saturated carbocycles. The fourth-order valence-electron chi connectivity index (χ4n) is 3.30. The Kier molecular flexibility index (Phi) is 15.2. The van der Waals surface area contributed by atoms with Crippen LogP contribution in [-0.4, -0.2) is 14.9 Å². The Bertz CT molecular complexity index is 202. The van der Waals surface area contributed by atoms with Gasteiger partial charge in [0.1, 0.15) is 0 Å². The summed E-state index contributed by atoms with van der Waals surface area (Å²) in [6, 6.07) is 4.00. The van der Waals surface area contributed by atoms with Crippen LogP contribution in [0.25, 0.3) is 0 Å². The number of hydrogen-bond donors (Lipinski definition) is 0. The zero-order chi connectivity index (χ0) is 15.8. The van der Waals surface area contributed by atoms with Crippen LogP contribution in [0, 0.1) is 0 Å². The van der Waals surface area contributed by atoms with E-state index in [0.717, 1.165) is 6.61 Å². The average Bonchev–Trinajstić information content (AvgIpc) is 2.51. The van der Waals surface area contributed by atoms with Crippen molar-refractivity contribution in [1.29, 1.82) is 0 Å². The summed E-state index contributed by atoms with van der Waals surface area (Å²) >= 11 is 0. The topological polar surface area (TPSA) is 9.23 Å². The minimum absolute atomic E-state index is 0.923. The lowest BCUT2D eigenvalue weighted by atomic mass is 10.1. The molecule has 0 spiro atoms. The maximum absolute atomic E-state index is 6.16. The Morgan fingerprint density at radius 2 is 1.00 bits per heavy atom. The number of unbranched alkanes of at least 4 members (excludes halogenated alkanes) is 10. The molecule has 21 heavy (non-hydrogen) atoms. The first-order chi connectivity index (χ1) is 10.2. The molecular weight excluding hydrogens is 272 g/mol. The van der Waals surface area contributed by atoms with Crippen molar-refractivity contribution in [3.8, 4) is 0 Å². The summed E-state index contributed by atoms with van der Waals surface area (Å²) < 4.78 is 6.16. The Morgan fingerprint density at radius 3 is 1.38 bits per heavy atom. The molecule has 0 rings (SSSR count). The fourth-order valence-corrected chi connectivity index (χ4v) is 6.56. The molecule has 0 fully saturated rings. The van der Waals surface area contributed by atoms with Gasteiger partial charge in [-0.2, -0.15) is 0 Å². The third kappa shape index (κ3) is 11.4. The van der Waals surface area contributed by atoms with Crippen LogP contribution in [-0.2, 0) is 4.43 Å². The van der Waals surface area contributed by atoms with Crippen molar-refractivity contribution in [3.63, 3.8) is 0 Å². The highest BCUT2D eigenvalue weighted by molar-refractivity contribution is 6.73. The van der Waals surface area contributed by atoms with Gasteiger partial charge >= 0.3 is 0 Å². The van der Waals surface area contributed by atoms with E-state index in [4.69, 9.17) is 4.43 Å². The normalized spacial score (nSPS) is 12.0. The maximum Gasteiger partial charge on any atom is 0.192 e. The summed E-state index contributed by atoms with van der Waals surface area (Å²) in [5.74, 6) is 0. The second kappa shape index (κ2) is 15.1. The smallest absolute Gasteiger partial charge is 0.192 e. The molecule has 0 aromatic carbocycles. The van der Waals surface area contributed by atoms with Gasteiger partial charge in [0.15, 0.2) is 8.32 Å². The van der Waals surface area contributed by atoms with E-state index in [1.807, 2.05) is 0 Å². The Balaban J connectivity index is 3.42. The molecule has 0 unspecified atom stereocenters. The van der Waals surface area contributed by atoms with E-state index < -0.39 is 8.32 Å². The molecule has 0 aliphatic carbocycles. The number of hydrogen-bond acceptors (Lipinski definition) is 1. The molecule has 0 atom stereocenters. The van der Waals surface area contributed by atoms with Gasteiger partial charge in [0, 0.05) is 6.61 Å². The summed E-state index contributed by atoms with van der Waals surface area (Å²) in [6.07, 6.45) is 15.8. The van der Waals surface area contributed by atoms with Crippen LogP contribution >= 0.6 is 0 Å². The third-order valence-electron chi connectivity index (χ3n) is 4.98. The Hall–Kier alpha value is 0.177. The molecule has 2 heteroatoms. The first-order valence-corrected chi connectivity index (χ1v) is 12.4. The van der Waals surface area contributed by atoms with Gasteiger partial charge in [-0.05, 0) is 25.1 Å². The fraction of sp³-hybridized carbons (Fsp3) is 1.00. The van der Waals surface area contributed by atoms with Crippen molar-refractivity contribution >= 4 is 8.32 Å². The maximum atomic E-state index is 6.16. The van der Waals surface area contributed by atoms with Crippen molar-refractivity contribution in [2.45, 2.75) is 116 Å². The van der Waals surface area contributed by atoms with Gasteiger partial charge in [-0.1, -0.05) is 91.4 Å². The average molecular weight is 315 g/mol. The SMILES string of the molecule is CCCCCCCCCCCCC[Si](CC)(CC)OCC. The van der Waals surface area contributed by atoms with Crippen LogP contribution in [0.1, 0.15) is 98.3 Å². The van der Waals surface area contributed by atoms with E-state index in [9.17, 15) is 0 Å². The highest BCUT2D eigenvalue weighted by atomic mass is 28.4. The second-order valence-corrected chi connectivity index (χ2v) is 11.2. The highest BCUT2D eigenvalue weighted by Crippen LogP contribution is 2.25. The first-order valence-electron chi connectivity index (χ1n) is 9.88. The van der Waals surface area contributed by atoms with Gasteiger partial charge in [-0.3, -0.25) is 0 Å².